The molecule has 0 atom stereocenters. The molecule has 1 rings (SSSR count). The summed E-state index contributed by atoms with van der Waals surface area (Å²) in [7, 11) is 0. The van der Waals surface area contributed by atoms with Gasteiger partial charge < -0.3 is 5.11 Å². The molecule has 1 aromatic rings. The third kappa shape index (κ3) is 7.42. The Labute approximate surface area is 115 Å². The van der Waals surface area contributed by atoms with Crippen LogP contribution in [-0.2, 0) is 11.2 Å². The van der Waals surface area contributed by atoms with Crippen molar-refractivity contribution in [1.82, 2.24) is 4.90 Å². The largest absolute Gasteiger partial charge is 0.481 e. The molecule has 0 fully saturated rings. The van der Waals surface area contributed by atoms with Crippen LogP contribution in [0.25, 0.3) is 0 Å². The molecule has 19 heavy (non-hydrogen) atoms. The van der Waals surface area contributed by atoms with E-state index < -0.39 is 5.97 Å². The van der Waals surface area contributed by atoms with Crippen molar-refractivity contribution in [2.75, 3.05) is 19.6 Å². The molecular weight excluding hydrogens is 238 g/mol. The lowest BCUT2D eigenvalue weighted by molar-refractivity contribution is -0.137. The number of unbranched alkanes of at least 4 members (excludes halogenated alkanes) is 1. The van der Waals surface area contributed by atoms with Crippen molar-refractivity contribution in [1.29, 1.82) is 0 Å². The zero-order valence-electron chi connectivity index (χ0n) is 11.4. The maximum absolute atomic E-state index is 10.5. The molecular formula is C16H23NO2. The Bertz CT molecular complexity index is 376. The van der Waals surface area contributed by atoms with E-state index in [9.17, 15) is 4.79 Å². The highest BCUT2D eigenvalue weighted by atomic mass is 16.4. The molecule has 0 amide bonds. The molecule has 3 nitrogen and oxygen atoms in total. The first kappa shape index (κ1) is 15.4. The van der Waals surface area contributed by atoms with E-state index >= 15 is 0 Å². The van der Waals surface area contributed by atoms with Gasteiger partial charge in [0.15, 0.2) is 0 Å². The number of aliphatic carboxylic acids is 1. The molecule has 1 N–H and O–H groups in total. The summed E-state index contributed by atoms with van der Waals surface area (Å²) >= 11 is 0. The van der Waals surface area contributed by atoms with Crippen LogP contribution in [0, 0.1) is 0 Å². The highest BCUT2D eigenvalue weighted by Crippen LogP contribution is 2.04. The quantitative estimate of drug-likeness (QED) is 0.520. The van der Waals surface area contributed by atoms with Gasteiger partial charge in [-0.1, -0.05) is 36.4 Å². The van der Waals surface area contributed by atoms with Crippen molar-refractivity contribution in [3.63, 3.8) is 0 Å². The Hall–Kier alpha value is -1.61. The molecule has 0 aliphatic heterocycles. The van der Waals surface area contributed by atoms with Crippen LogP contribution in [0.2, 0.25) is 0 Å². The third-order valence-corrected chi connectivity index (χ3v) is 3.06. The average Bonchev–Trinajstić information content (AvgIpc) is 2.41. The van der Waals surface area contributed by atoms with Gasteiger partial charge in [-0.2, -0.15) is 0 Å². The second-order valence-corrected chi connectivity index (χ2v) is 4.68. The predicted octanol–water partition coefficient (Wildman–Crippen LogP) is 2.97. The van der Waals surface area contributed by atoms with E-state index in [-0.39, 0.29) is 6.42 Å². The molecule has 0 saturated heterocycles. The summed E-state index contributed by atoms with van der Waals surface area (Å²) in [5, 5.41) is 8.60. The van der Waals surface area contributed by atoms with Gasteiger partial charge in [0.1, 0.15) is 0 Å². The Morgan fingerprint density at radius 3 is 2.58 bits per heavy atom. The van der Waals surface area contributed by atoms with Crippen LogP contribution in [0.4, 0.5) is 0 Å². The topological polar surface area (TPSA) is 40.5 Å². The summed E-state index contributed by atoms with van der Waals surface area (Å²) in [5.41, 5.74) is 1.34. The van der Waals surface area contributed by atoms with Crippen LogP contribution in [0.1, 0.15) is 24.8 Å². The molecule has 0 saturated carbocycles. The van der Waals surface area contributed by atoms with E-state index in [1.54, 1.807) is 0 Å². The summed E-state index contributed by atoms with van der Waals surface area (Å²) in [6.45, 7) is 6.56. The Kier molecular flexibility index (Phi) is 7.59. The molecule has 0 spiro atoms. The van der Waals surface area contributed by atoms with E-state index in [1.165, 1.54) is 5.56 Å². The second kappa shape index (κ2) is 9.34. The van der Waals surface area contributed by atoms with Crippen molar-refractivity contribution < 1.29 is 9.90 Å². The van der Waals surface area contributed by atoms with E-state index in [0.717, 1.165) is 38.9 Å². The van der Waals surface area contributed by atoms with Crippen molar-refractivity contribution >= 4 is 5.97 Å². The molecule has 0 radical (unpaired) electrons. The lowest BCUT2D eigenvalue weighted by Crippen LogP contribution is -2.27. The number of carboxylic acid groups (broad SMARTS) is 1. The maximum atomic E-state index is 10.5. The maximum Gasteiger partial charge on any atom is 0.303 e. The van der Waals surface area contributed by atoms with Crippen LogP contribution in [0.5, 0.6) is 0 Å². The number of carbonyl (C=O) groups is 1. The summed E-state index contributed by atoms with van der Waals surface area (Å²) in [6.07, 6.45) is 4.86. The van der Waals surface area contributed by atoms with E-state index in [1.807, 2.05) is 12.1 Å². The fourth-order valence-corrected chi connectivity index (χ4v) is 2.02. The van der Waals surface area contributed by atoms with Gasteiger partial charge in [0.2, 0.25) is 0 Å². The number of hydrogen-bond acceptors (Lipinski definition) is 2. The van der Waals surface area contributed by atoms with Crippen LogP contribution < -0.4 is 0 Å². The Morgan fingerprint density at radius 2 is 1.95 bits per heavy atom. The number of benzene rings is 1. The van der Waals surface area contributed by atoms with Crippen LogP contribution in [-0.4, -0.2) is 35.6 Å². The van der Waals surface area contributed by atoms with Gasteiger partial charge in [-0.3, -0.25) is 9.69 Å². The summed E-state index contributed by atoms with van der Waals surface area (Å²) in [4.78, 5) is 12.8. The van der Waals surface area contributed by atoms with Crippen LogP contribution in [0.15, 0.2) is 43.0 Å². The SMILES string of the molecule is C=CCN(CCCCC(=O)O)CCc1ccccc1. The minimum Gasteiger partial charge on any atom is -0.481 e. The summed E-state index contributed by atoms with van der Waals surface area (Å²) in [6, 6.07) is 10.4. The first-order valence-corrected chi connectivity index (χ1v) is 6.81. The average molecular weight is 261 g/mol. The lowest BCUT2D eigenvalue weighted by Gasteiger charge is -2.20. The fourth-order valence-electron chi connectivity index (χ4n) is 2.02. The van der Waals surface area contributed by atoms with Gasteiger partial charge >= 0.3 is 5.97 Å². The second-order valence-electron chi connectivity index (χ2n) is 4.68. The highest BCUT2D eigenvalue weighted by molar-refractivity contribution is 5.66. The molecule has 0 heterocycles. The van der Waals surface area contributed by atoms with Crippen LogP contribution in [0.3, 0.4) is 0 Å². The molecule has 0 aliphatic carbocycles. The molecule has 0 aliphatic rings. The van der Waals surface area contributed by atoms with Gasteiger partial charge in [-0.15, -0.1) is 6.58 Å². The molecule has 0 unspecified atom stereocenters. The molecule has 1 aromatic carbocycles. The number of nitrogens with zero attached hydrogens (tertiary/aromatic N) is 1. The van der Waals surface area contributed by atoms with E-state index in [4.69, 9.17) is 5.11 Å². The Balaban J connectivity index is 2.27. The highest BCUT2D eigenvalue weighted by Gasteiger charge is 2.04. The normalized spacial score (nSPS) is 10.6. The minimum absolute atomic E-state index is 0.264. The fraction of sp³-hybridized carbons (Fsp3) is 0.438. The molecule has 3 heteroatoms. The smallest absolute Gasteiger partial charge is 0.303 e. The summed E-state index contributed by atoms with van der Waals surface area (Å²) < 4.78 is 0. The summed E-state index contributed by atoms with van der Waals surface area (Å²) in [5.74, 6) is -0.709. The van der Waals surface area contributed by atoms with Crippen molar-refractivity contribution in [3.05, 3.63) is 48.6 Å². The lowest BCUT2D eigenvalue weighted by atomic mass is 10.1. The van der Waals surface area contributed by atoms with Crippen molar-refractivity contribution in [3.8, 4) is 0 Å². The minimum atomic E-state index is -0.709. The predicted molar refractivity (Wildman–Crippen MR) is 78.3 cm³/mol. The van der Waals surface area contributed by atoms with Crippen molar-refractivity contribution in [2.45, 2.75) is 25.7 Å². The number of carboxylic acids is 1. The number of rotatable bonds is 10. The van der Waals surface area contributed by atoms with Crippen LogP contribution >= 0.6 is 0 Å². The van der Waals surface area contributed by atoms with Gasteiger partial charge in [0.05, 0.1) is 0 Å². The zero-order chi connectivity index (χ0) is 13.9. The monoisotopic (exact) mass is 261 g/mol. The Morgan fingerprint density at radius 1 is 1.21 bits per heavy atom. The van der Waals surface area contributed by atoms with Crippen molar-refractivity contribution in [2.24, 2.45) is 0 Å². The van der Waals surface area contributed by atoms with Gasteiger partial charge in [0.25, 0.3) is 0 Å². The first-order valence-electron chi connectivity index (χ1n) is 6.81. The van der Waals surface area contributed by atoms with Gasteiger partial charge in [-0.25, -0.2) is 0 Å². The first-order chi connectivity index (χ1) is 9.22. The third-order valence-electron chi connectivity index (χ3n) is 3.06. The number of hydrogen-bond donors (Lipinski definition) is 1. The zero-order valence-corrected chi connectivity index (χ0v) is 11.4. The van der Waals surface area contributed by atoms with Gasteiger partial charge in [0, 0.05) is 19.5 Å². The molecule has 0 aromatic heterocycles. The standard InChI is InChI=1S/C16H23NO2/c1-2-12-17(13-7-6-10-16(18)19)14-11-15-8-4-3-5-9-15/h2-5,8-9H,1,6-7,10-14H2,(H,18,19). The molecule has 104 valence electrons. The molecule has 0 bridgehead atoms. The van der Waals surface area contributed by atoms with Gasteiger partial charge in [-0.05, 0) is 31.4 Å². The van der Waals surface area contributed by atoms with E-state index in [2.05, 4.69) is 35.7 Å². The van der Waals surface area contributed by atoms with E-state index in [0.29, 0.717) is 0 Å².